The van der Waals surface area contributed by atoms with E-state index in [-0.39, 0.29) is 12.1 Å². The molecule has 13 heavy (non-hydrogen) atoms. The Kier molecular flexibility index (Phi) is 2.77. The van der Waals surface area contributed by atoms with Crippen molar-refractivity contribution in [2.45, 2.75) is 6.54 Å². The van der Waals surface area contributed by atoms with E-state index < -0.39 is 23.2 Å². The van der Waals surface area contributed by atoms with E-state index >= 15 is 0 Å². The molecule has 1 aromatic rings. The van der Waals surface area contributed by atoms with E-state index in [2.05, 4.69) is 5.32 Å². The molecule has 1 rings (SSSR count). The Bertz CT molecular complexity index is 328. The smallest absolute Gasteiger partial charge is 0.203 e. The van der Waals surface area contributed by atoms with Gasteiger partial charge in [-0.2, -0.15) is 4.39 Å². The molecule has 0 fully saturated rings. The maximum atomic E-state index is 12.7. The molecular weight excluding hydrogens is 183 g/mol. The van der Waals surface area contributed by atoms with E-state index in [0.29, 0.717) is 0 Å². The first kappa shape index (κ1) is 9.85. The Morgan fingerprint density at radius 1 is 1.31 bits per heavy atom. The van der Waals surface area contributed by atoms with Crippen LogP contribution in [0, 0.1) is 17.5 Å². The van der Waals surface area contributed by atoms with Crippen LogP contribution >= 0.6 is 0 Å². The fraction of sp³-hybridized carbons (Fsp3) is 0.250. The molecule has 0 atom stereocenters. The quantitative estimate of drug-likeness (QED) is 0.695. The summed E-state index contributed by atoms with van der Waals surface area (Å²) in [6.07, 6.45) is 0. The molecule has 5 heteroatoms. The number of nitrogens with one attached hydrogen (secondary N) is 1. The summed E-state index contributed by atoms with van der Waals surface area (Å²) in [6.45, 7) is 0.0694. The second-order valence-corrected chi connectivity index (χ2v) is 2.52. The van der Waals surface area contributed by atoms with Crippen LogP contribution in [0.2, 0.25) is 0 Å². The van der Waals surface area contributed by atoms with E-state index in [9.17, 15) is 13.2 Å². The molecule has 0 bridgehead atoms. The van der Waals surface area contributed by atoms with Gasteiger partial charge in [0.15, 0.2) is 17.4 Å². The van der Waals surface area contributed by atoms with Gasteiger partial charge in [0.05, 0.1) is 0 Å². The van der Waals surface area contributed by atoms with Gasteiger partial charge in [0.2, 0.25) is 5.82 Å². The van der Waals surface area contributed by atoms with E-state index in [1.807, 2.05) is 0 Å². The second-order valence-electron chi connectivity index (χ2n) is 2.52. The Morgan fingerprint density at radius 2 is 1.92 bits per heavy atom. The first-order valence-electron chi connectivity index (χ1n) is 3.58. The van der Waals surface area contributed by atoms with E-state index in [0.717, 1.165) is 6.07 Å². The highest BCUT2D eigenvalue weighted by Gasteiger charge is 2.17. The molecule has 0 aromatic heterocycles. The van der Waals surface area contributed by atoms with Gasteiger partial charge in [-0.25, -0.2) is 8.78 Å². The molecule has 0 unspecified atom stereocenters. The van der Waals surface area contributed by atoms with Crippen LogP contribution in [0.15, 0.2) is 6.07 Å². The van der Waals surface area contributed by atoms with Gasteiger partial charge in [-0.3, -0.25) is 0 Å². The Balaban J connectivity index is 3.24. The zero-order valence-electron chi connectivity index (χ0n) is 6.87. The third-order valence-corrected chi connectivity index (χ3v) is 1.58. The van der Waals surface area contributed by atoms with Crippen LogP contribution in [0.25, 0.3) is 0 Å². The maximum absolute atomic E-state index is 12.7. The van der Waals surface area contributed by atoms with Gasteiger partial charge in [0, 0.05) is 12.1 Å². The molecule has 0 aliphatic rings. The lowest BCUT2D eigenvalue weighted by Gasteiger charge is -2.05. The molecule has 0 spiro atoms. The van der Waals surface area contributed by atoms with Crippen LogP contribution in [0.1, 0.15) is 5.56 Å². The van der Waals surface area contributed by atoms with Gasteiger partial charge >= 0.3 is 0 Å². The normalized spacial score (nSPS) is 10.5. The molecule has 0 heterocycles. The molecule has 0 aliphatic heterocycles. The van der Waals surface area contributed by atoms with Crippen molar-refractivity contribution in [1.82, 2.24) is 5.32 Å². The van der Waals surface area contributed by atoms with Gasteiger partial charge in [0.1, 0.15) is 0 Å². The largest absolute Gasteiger partial charge is 0.505 e. The van der Waals surface area contributed by atoms with Crippen molar-refractivity contribution < 1.29 is 18.3 Å². The average molecular weight is 191 g/mol. The van der Waals surface area contributed by atoms with Gasteiger partial charge in [-0.15, -0.1) is 0 Å². The zero-order valence-corrected chi connectivity index (χ0v) is 6.87. The summed E-state index contributed by atoms with van der Waals surface area (Å²) in [5, 5.41) is 11.6. The number of rotatable bonds is 2. The molecule has 0 aliphatic carbocycles. The minimum atomic E-state index is -1.66. The number of hydrogen-bond donors (Lipinski definition) is 2. The maximum Gasteiger partial charge on any atom is 0.203 e. The summed E-state index contributed by atoms with van der Waals surface area (Å²) in [4.78, 5) is 0. The lowest BCUT2D eigenvalue weighted by Crippen LogP contribution is -2.07. The molecule has 0 radical (unpaired) electrons. The number of aromatic hydroxyl groups is 1. The van der Waals surface area contributed by atoms with E-state index in [4.69, 9.17) is 5.11 Å². The molecular formula is C8H8F3NO. The van der Waals surface area contributed by atoms with Crippen LogP contribution in [0.4, 0.5) is 13.2 Å². The topological polar surface area (TPSA) is 32.3 Å². The molecule has 2 N–H and O–H groups in total. The Morgan fingerprint density at radius 3 is 2.46 bits per heavy atom. The fourth-order valence-electron chi connectivity index (χ4n) is 0.960. The third-order valence-electron chi connectivity index (χ3n) is 1.58. The minimum absolute atomic E-state index is 0.0149. The molecule has 2 nitrogen and oxygen atoms in total. The number of benzene rings is 1. The van der Waals surface area contributed by atoms with Crippen molar-refractivity contribution >= 4 is 0 Å². The number of phenolic OH excluding ortho intramolecular Hbond substituents is 1. The van der Waals surface area contributed by atoms with Crippen molar-refractivity contribution in [3.05, 3.63) is 29.1 Å². The summed E-state index contributed by atoms with van der Waals surface area (Å²) in [6, 6.07) is 0.754. The zero-order chi connectivity index (χ0) is 10.0. The lowest BCUT2D eigenvalue weighted by atomic mass is 10.2. The molecule has 72 valence electrons. The van der Waals surface area contributed by atoms with Gasteiger partial charge in [-0.05, 0) is 13.1 Å². The van der Waals surface area contributed by atoms with Crippen LogP contribution in [0.5, 0.6) is 5.75 Å². The lowest BCUT2D eigenvalue weighted by molar-refractivity contribution is 0.380. The second kappa shape index (κ2) is 3.66. The van der Waals surface area contributed by atoms with Crippen LogP contribution in [-0.2, 0) is 6.54 Å². The first-order chi connectivity index (χ1) is 6.07. The number of hydrogen-bond acceptors (Lipinski definition) is 2. The Hall–Kier alpha value is -1.23. The molecule has 0 amide bonds. The van der Waals surface area contributed by atoms with Gasteiger partial charge in [0.25, 0.3) is 0 Å². The van der Waals surface area contributed by atoms with E-state index in [1.165, 1.54) is 0 Å². The summed E-state index contributed by atoms with van der Waals surface area (Å²) >= 11 is 0. The van der Waals surface area contributed by atoms with E-state index in [1.54, 1.807) is 7.05 Å². The van der Waals surface area contributed by atoms with Crippen molar-refractivity contribution in [2.24, 2.45) is 0 Å². The standard InChI is InChI=1S/C8H8F3NO/c1-12-3-4-2-5(9)6(10)7(11)8(4)13/h2,12-13H,3H2,1H3. The van der Waals surface area contributed by atoms with Gasteiger partial charge < -0.3 is 10.4 Å². The molecule has 1 aromatic carbocycles. The highest BCUT2D eigenvalue weighted by molar-refractivity contribution is 5.35. The predicted molar refractivity (Wildman–Crippen MR) is 40.7 cm³/mol. The monoisotopic (exact) mass is 191 g/mol. The van der Waals surface area contributed by atoms with Crippen molar-refractivity contribution in [3.8, 4) is 5.75 Å². The summed E-state index contributed by atoms with van der Waals surface area (Å²) in [5.41, 5.74) is -0.0149. The fourth-order valence-corrected chi connectivity index (χ4v) is 0.960. The molecule has 0 saturated carbocycles. The van der Waals surface area contributed by atoms with Crippen molar-refractivity contribution in [3.63, 3.8) is 0 Å². The van der Waals surface area contributed by atoms with Crippen LogP contribution in [0.3, 0.4) is 0 Å². The van der Waals surface area contributed by atoms with Crippen molar-refractivity contribution in [1.29, 1.82) is 0 Å². The first-order valence-corrected chi connectivity index (χ1v) is 3.58. The SMILES string of the molecule is CNCc1cc(F)c(F)c(F)c1O. The predicted octanol–water partition coefficient (Wildman–Crippen LogP) is 1.53. The summed E-state index contributed by atoms with van der Waals surface area (Å²) < 4.78 is 37.8. The highest BCUT2D eigenvalue weighted by Crippen LogP contribution is 2.25. The van der Waals surface area contributed by atoms with Gasteiger partial charge in [-0.1, -0.05) is 0 Å². The Labute approximate surface area is 73.0 Å². The summed E-state index contributed by atoms with van der Waals surface area (Å²) in [7, 11) is 1.54. The highest BCUT2D eigenvalue weighted by atomic mass is 19.2. The average Bonchev–Trinajstić information content (AvgIpc) is 2.11. The number of phenols is 1. The minimum Gasteiger partial charge on any atom is -0.505 e. The third kappa shape index (κ3) is 1.75. The van der Waals surface area contributed by atoms with Crippen LogP contribution in [-0.4, -0.2) is 12.2 Å². The number of halogens is 3. The van der Waals surface area contributed by atoms with Crippen molar-refractivity contribution in [2.75, 3.05) is 7.05 Å². The summed E-state index contributed by atoms with van der Waals surface area (Å²) in [5.74, 6) is -5.36. The van der Waals surface area contributed by atoms with Crippen LogP contribution < -0.4 is 5.32 Å². The molecule has 0 saturated heterocycles.